The molecule has 0 N–H and O–H groups in total. The van der Waals surface area contributed by atoms with Crippen LogP contribution in [0.1, 0.15) is 11.7 Å². The van der Waals surface area contributed by atoms with E-state index in [1.165, 1.54) is 18.2 Å². The SMILES string of the molecule is O=C1OC(c2ccccc2)C(=O)N1c1cccc(F)c1. The summed E-state index contributed by atoms with van der Waals surface area (Å²) in [6.45, 7) is 0. The Hall–Kier alpha value is -2.69. The van der Waals surface area contributed by atoms with Gasteiger partial charge in [0.15, 0.2) is 0 Å². The first-order chi connectivity index (χ1) is 9.66. The third-order valence-electron chi connectivity index (χ3n) is 3.01. The highest BCUT2D eigenvalue weighted by Crippen LogP contribution is 2.31. The topological polar surface area (TPSA) is 46.6 Å². The van der Waals surface area contributed by atoms with Gasteiger partial charge in [0.25, 0.3) is 5.91 Å². The molecule has 2 aromatic carbocycles. The lowest BCUT2D eigenvalue weighted by atomic mass is 10.1. The Labute approximate surface area is 114 Å². The van der Waals surface area contributed by atoms with Crippen LogP contribution in [-0.4, -0.2) is 12.0 Å². The third-order valence-corrected chi connectivity index (χ3v) is 3.01. The van der Waals surface area contributed by atoms with Gasteiger partial charge in [-0.25, -0.2) is 14.1 Å². The van der Waals surface area contributed by atoms with Crippen molar-refractivity contribution >= 4 is 17.7 Å². The lowest BCUT2D eigenvalue weighted by Gasteiger charge is -2.11. The molecule has 0 bridgehead atoms. The maximum atomic E-state index is 13.2. The molecule has 0 saturated carbocycles. The highest BCUT2D eigenvalue weighted by molar-refractivity contribution is 6.18. The van der Waals surface area contributed by atoms with Crippen molar-refractivity contribution in [3.63, 3.8) is 0 Å². The van der Waals surface area contributed by atoms with Gasteiger partial charge >= 0.3 is 6.09 Å². The van der Waals surface area contributed by atoms with E-state index in [4.69, 9.17) is 4.74 Å². The fourth-order valence-electron chi connectivity index (χ4n) is 2.10. The number of amides is 2. The van der Waals surface area contributed by atoms with E-state index in [0.29, 0.717) is 5.56 Å². The molecule has 1 fully saturated rings. The summed E-state index contributed by atoms with van der Waals surface area (Å²) in [4.78, 5) is 25.0. The molecular weight excluding hydrogens is 261 g/mol. The van der Waals surface area contributed by atoms with E-state index in [0.717, 1.165) is 11.0 Å². The van der Waals surface area contributed by atoms with Gasteiger partial charge in [-0.05, 0) is 18.2 Å². The van der Waals surface area contributed by atoms with Crippen LogP contribution in [0.2, 0.25) is 0 Å². The van der Waals surface area contributed by atoms with E-state index in [9.17, 15) is 14.0 Å². The second-order valence-electron chi connectivity index (χ2n) is 4.33. The zero-order valence-corrected chi connectivity index (χ0v) is 10.3. The van der Waals surface area contributed by atoms with Crippen molar-refractivity contribution in [2.75, 3.05) is 4.90 Å². The fourth-order valence-corrected chi connectivity index (χ4v) is 2.10. The number of imide groups is 1. The molecule has 1 saturated heterocycles. The van der Waals surface area contributed by atoms with Gasteiger partial charge in [0.1, 0.15) is 5.82 Å². The molecule has 1 aliphatic heterocycles. The monoisotopic (exact) mass is 271 g/mol. The summed E-state index contributed by atoms with van der Waals surface area (Å²) in [5, 5.41) is 0. The minimum atomic E-state index is -0.980. The first-order valence-electron chi connectivity index (χ1n) is 6.02. The number of ether oxygens (including phenoxy) is 1. The smallest absolute Gasteiger partial charge is 0.422 e. The minimum Gasteiger partial charge on any atom is -0.430 e. The van der Waals surface area contributed by atoms with Crippen LogP contribution in [0.25, 0.3) is 0 Å². The summed E-state index contributed by atoms with van der Waals surface area (Å²) < 4.78 is 18.3. The highest BCUT2D eigenvalue weighted by Gasteiger charge is 2.42. The summed E-state index contributed by atoms with van der Waals surface area (Å²) >= 11 is 0. The minimum absolute atomic E-state index is 0.165. The van der Waals surface area contributed by atoms with E-state index in [2.05, 4.69) is 0 Å². The first-order valence-corrected chi connectivity index (χ1v) is 6.02. The number of hydrogen-bond donors (Lipinski definition) is 0. The van der Waals surface area contributed by atoms with Crippen LogP contribution in [0, 0.1) is 5.82 Å². The van der Waals surface area contributed by atoms with Crippen LogP contribution in [0.5, 0.6) is 0 Å². The lowest BCUT2D eigenvalue weighted by Crippen LogP contribution is -2.29. The van der Waals surface area contributed by atoms with E-state index >= 15 is 0 Å². The van der Waals surface area contributed by atoms with E-state index in [-0.39, 0.29) is 5.69 Å². The predicted molar refractivity (Wildman–Crippen MR) is 69.6 cm³/mol. The van der Waals surface area contributed by atoms with Crippen molar-refractivity contribution in [2.24, 2.45) is 0 Å². The number of nitrogens with zero attached hydrogens (tertiary/aromatic N) is 1. The average molecular weight is 271 g/mol. The molecule has 1 aliphatic rings. The van der Waals surface area contributed by atoms with Crippen molar-refractivity contribution in [2.45, 2.75) is 6.10 Å². The number of cyclic esters (lactones) is 1. The summed E-state index contributed by atoms with van der Waals surface area (Å²) in [6.07, 6.45) is -1.78. The number of carbonyl (C=O) groups excluding carboxylic acids is 2. The molecule has 0 aromatic heterocycles. The van der Waals surface area contributed by atoms with Crippen molar-refractivity contribution < 1.29 is 18.7 Å². The fraction of sp³-hybridized carbons (Fsp3) is 0.0667. The number of hydrogen-bond acceptors (Lipinski definition) is 3. The summed E-state index contributed by atoms with van der Waals surface area (Å²) in [5.74, 6) is -1.04. The van der Waals surface area contributed by atoms with Gasteiger partial charge < -0.3 is 4.74 Å². The van der Waals surface area contributed by atoms with E-state index in [1.807, 2.05) is 0 Å². The molecule has 20 heavy (non-hydrogen) atoms. The third kappa shape index (κ3) is 2.03. The molecule has 0 spiro atoms. The Bertz CT molecular complexity index is 672. The van der Waals surface area contributed by atoms with Crippen LogP contribution in [0.4, 0.5) is 14.9 Å². The van der Waals surface area contributed by atoms with Crippen LogP contribution in [-0.2, 0) is 9.53 Å². The molecule has 4 nitrogen and oxygen atoms in total. The van der Waals surface area contributed by atoms with Crippen LogP contribution < -0.4 is 4.90 Å². The number of rotatable bonds is 2. The average Bonchev–Trinajstić information content (AvgIpc) is 2.75. The van der Waals surface area contributed by atoms with E-state index < -0.39 is 23.9 Å². The molecule has 1 unspecified atom stereocenters. The summed E-state index contributed by atoms with van der Waals surface area (Å²) in [6, 6.07) is 14.0. The van der Waals surface area contributed by atoms with Crippen LogP contribution in [0.3, 0.4) is 0 Å². The number of carbonyl (C=O) groups is 2. The van der Waals surface area contributed by atoms with Gasteiger partial charge in [0.2, 0.25) is 6.10 Å². The second kappa shape index (κ2) is 4.77. The number of benzene rings is 2. The van der Waals surface area contributed by atoms with Gasteiger partial charge in [0, 0.05) is 5.56 Å². The summed E-state index contributed by atoms with van der Waals surface area (Å²) in [5.41, 5.74) is 0.753. The van der Waals surface area contributed by atoms with E-state index in [1.54, 1.807) is 30.3 Å². The Balaban J connectivity index is 1.95. The first kappa shape index (κ1) is 12.3. The summed E-state index contributed by atoms with van der Waals surface area (Å²) in [7, 11) is 0. The van der Waals surface area contributed by atoms with Crippen molar-refractivity contribution in [1.29, 1.82) is 0 Å². The molecular formula is C15H10FNO3. The van der Waals surface area contributed by atoms with Gasteiger partial charge in [-0.15, -0.1) is 0 Å². The largest absolute Gasteiger partial charge is 0.430 e. The molecule has 1 atom stereocenters. The van der Waals surface area contributed by atoms with Crippen molar-refractivity contribution in [3.8, 4) is 0 Å². The Kier molecular flexibility index (Phi) is 2.95. The number of halogens is 1. The molecule has 2 aromatic rings. The normalized spacial score (nSPS) is 18.2. The van der Waals surface area contributed by atoms with Gasteiger partial charge in [0.05, 0.1) is 5.69 Å². The van der Waals surface area contributed by atoms with Crippen molar-refractivity contribution in [3.05, 3.63) is 66.0 Å². The maximum Gasteiger partial charge on any atom is 0.422 e. The maximum absolute atomic E-state index is 13.2. The Morgan fingerprint density at radius 3 is 2.45 bits per heavy atom. The standard InChI is InChI=1S/C15H10FNO3/c16-11-7-4-8-12(9-11)17-14(18)13(20-15(17)19)10-5-2-1-3-6-10/h1-9,13H. The van der Waals surface area contributed by atoms with Gasteiger partial charge in [-0.2, -0.15) is 0 Å². The second-order valence-corrected chi connectivity index (χ2v) is 4.33. The zero-order chi connectivity index (χ0) is 14.1. The van der Waals surface area contributed by atoms with Crippen LogP contribution >= 0.6 is 0 Å². The highest BCUT2D eigenvalue weighted by atomic mass is 19.1. The molecule has 5 heteroatoms. The molecule has 0 radical (unpaired) electrons. The molecule has 3 rings (SSSR count). The number of anilines is 1. The van der Waals surface area contributed by atoms with Crippen LogP contribution in [0.15, 0.2) is 54.6 Å². The lowest BCUT2D eigenvalue weighted by molar-refractivity contribution is -0.122. The quantitative estimate of drug-likeness (QED) is 0.843. The van der Waals surface area contributed by atoms with Gasteiger partial charge in [-0.3, -0.25) is 4.79 Å². The zero-order valence-electron chi connectivity index (χ0n) is 10.3. The molecule has 100 valence electrons. The predicted octanol–water partition coefficient (Wildman–Crippen LogP) is 3.05. The Morgan fingerprint density at radius 2 is 1.75 bits per heavy atom. The molecule has 0 aliphatic carbocycles. The Morgan fingerprint density at radius 1 is 1.00 bits per heavy atom. The molecule has 1 heterocycles. The molecule has 2 amide bonds. The van der Waals surface area contributed by atoms with Crippen molar-refractivity contribution in [1.82, 2.24) is 0 Å². The van der Waals surface area contributed by atoms with Gasteiger partial charge in [-0.1, -0.05) is 36.4 Å².